The van der Waals surface area contributed by atoms with Gasteiger partial charge in [0.2, 0.25) is 0 Å². The Bertz CT molecular complexity index is 1150. The second kappa shape index (κ2) is 8.63. The van der Waals surface area contributed by atoms with Crippen LogP contribution in [0.4, 0.5) is 5.13 Å². The quantitative estimate of drug-likeness (QED) is 0.529. The molecule has 1 aliphatic rings. The zero-order valence-electron chi connectivity index (χ0n) is 18.4. The molecular weight excluding hydrogens is 428 g/mol. The van der Waals surface area contributed by atoms with Crippen molar-refractivity contribution in [2.24, 2.45) is 0 Å². The highest BCUT2D eigenvalue weighted by Gasteiger charge is 2.34. The molecule has 1 aromatic heterocycles. The minimum atomic E-state index is -3.35. The molecule has 3 aromatic rings. The molecule has 31 heavy (non-hydrogen) atoms. The average molecular weight is 457 g/mol. The summed E-state index contributed by atoms with van der Waals surface area (Å²) in [6, 6.07) is 11.8. The second-order valence-electron chi connectivity index (χ2n) is 8.20. The molecule has 2 aromatic carbocycles. The SMILES string of the molecule is COc1ccc(-c2csc(N3CCC(S(=O)(=O)c4c(C)cc(C)cc4C)CC3)n2)cc1. The zero-order chi connectivity index (χ0) is 22.2. The number of methoxy groups -OCH3 is 1. The van der Waals surface area contributed by atoms with Crippen LogP contribution in [0.15, 0.2) is 46.7 Å². The molecule has 164 valence electrons. The van der Waals surface area contributed by atoms with Gasteiger partial charge < -0.3 is 9.64 Å². The summed E-state index contributed by atoms with van der Waals surface area (Å²) in [5.41, 5.74) is 4.78. The average Bonchev–Trinajstić information content (AvgIpc) is 3.23. The van der Waals surface area contributed by atoms with E-state index in [-0.39, 0.29) is 5.25 Å². The van der Waals surface area contributed by atoms with Crippen molar-refractivity contribution in [2.75, 3.05) is 25.1 Å². The summed E-state index contributed by atoms with van der Waals surface area (Å²) in [6.07, 6.45) is 1.24. The van der Waals surface area contributed by atoms with E-state index in [0.29, 0.717) is 30.8 Å². The topological polar surface area (TPSA) is 59.5 Å². The fourth-order valence-electron chi connectivity index (χ4n) is 4.44. The molecule has 0 atom stereocenters. The summed E-state index contributed by atoms with van der Waals surface area (Å²) in [6.45, 7) is 7.20. The fraction of sp³-hybridized carbons (Fsp3) is 0.375. The van der Waals surface area contributed by atoms with Crippen LogP contribution in [0.25, 0.3) is 11.3 Å². The molecule has 1 aliphatic heterocycles. The summed E-state index contributed by atoms with van der Waals surface area (Å²) in [7, 11) is -1.69. The van der Waals surface area contributed by atoms with Crippen LogP contribution in [-0.2, 0) is 9.84 Å². The molecule has 1 saturated heterocycles. The predicted octanol–water partition coefficient (Wildman–Crippen LogP) is 5.19. The van der Waals surface area contributed by atoms with Crippen LogP contribution in [0.3, 0.4) is 0 Å². The Balaban J connectivity index is 1.47. The maximum Gasteiger partial charge on any atom is 0.185 e. The molecule has 0 radical (unpaired) electrons. The maximum atomic E-state index is 13.4. The molecule has 1 fully saturated rings. The number of aromatic nitrogens is 1. The molecule has 2 heterocycles. The minimum Gasteiger partial charge on any atom is -0.497 e. The smallest absolute Gasteiger partial charge is 0.185 e. The lowest BCUT2D eigenvalue weighted by Gasteiger charge is -2.32. The van der Waals surface area contributed by atoms with E-state index in [2.05, 4.69) is 10.3 Å². The Hall–Kier alpha value is -2.38. The van der Waals surface area contributed by atoms with Crippen LogP contribution >= 0.6 is 11.3 Å². The van der Waals surface area contributed by atoms with Crippen LogP contribution in [0.5, 0.6) is 5.75 Å². The van der Waals surface area contributed by atoms with Gasteiger partial charge in [0, 0.05) is 24.0 Å². The van der Waals surface area contributed by atoms with Gasteiger partial charge in [0.25, 0.3) is 0 Å². The van der Waals surface area contributed by atoms with Crippen LogP contribution in [-0.4, -0.2) is 38.9 Å². The Kier molecular flexibility index (Phi) is 6.08. The predicted molar refractivity (Wildman–Crippen MR) is 127 cm³/mol. The Labute approximate surface area is 188 Å². The van der Waals surface area contributed by atoms with Crippen LogP contribution in [0.1, 0.15) is 29.5 Å². The normalized spacial score (nSPS) is 15.3. The van der Waals surface area contributed by atoms with Crippen molar-refractivity contribution in [2.45, 2.75) is 43.8 Å². The third kappa shape index (κ3) is 4.34. The van der Waals surface area contributed by atoms with Crippen LogP contribution in [0.2, 0.25) is 0 Å². The van der Waals surface area contributed by atoms with Crippen molar-refractivity contribution in [3.63, 3.8) is 0 Å². The first kappa shape index (κ1) is 21.8. The molecular formula is C24H28N2O3S2. The molecule has 0 aliphatic carbocycles. The van der Waals surface area contributed by atoms with Crippen LogP contribution < -0.4 is 9.64 Å². The first-order chi connectivity index (χ1) is 14.8. The highest BCUT2D eigenvalue weighted by atomic mass is 32.2. The van der Waals surface area contributed by atoms with Gasteiger partial charge in [-0.3, -0.25) is 0 Å². The van der Waals surface area contributed by atoms with E-state index in [1.54, 1.807) is 18.4 Å². The molecule has 0 bridgehead atoms. The van der Waals surface area contributed by atoms with E-state index >= 15 is 0 Å². The Morgan fingerprint density at radius 3 is 2.23 bits per heavy atom. The van der Waals surface area contributed by atoms with Crippen molar-refractivity contribution in [1.82, 2.24) is 4.98 Å². The maximum absolute atomic E-state index is 13.4. The molecule has 5 nitrogen and oxygen atoms in total. The van der Waals surface area contributed by atoms with Gasteiger partial charge >= 0.3 is 0 Å². The van der Waals surface area contributed by atoms with Crippen molar-refractivity contribution < 1.29 is 13.2 Å². The first-order valence-electron chi connectivity index (χ1n) is 10.5. The number of nitrogens with zero attached hydrogens (tertiary/aromatic N) is 2. The lowest BCUT2D eigenvalue weighted by Crippen LogP contribution is -2.39. The number of sulfone groups is 1. The number of hydrogen-bond donors (Lipinski definition) is 0. The molecule has 0 spiro atoms. The number of benzene rings is 2. The highest BCUT2D eigenvalue weighted by molar-refractivity contribution is 7.92. The molecule has 4 rings (SSSR count). The Morgan fingerprint density at radius 2 is 1.65 bits per heavy atom. The third-order valence-corrected chi connectivity index (χ3v) is 9.38. The molecule has 0 unspecified atom stereocenters. The number of aryl methyl sites for hydroxylation is 3. The molecule has 0 amide bonds. The first-order valence-corrected chi connectivity index (χ1v) is 12.9. The zero-order valence-corrected chi connectivity index (χ0v) is 20.0. The van der Waals surface area contributed by atoms with Gasteiger partial charge in [0.15, 0.2) is 15.0 Å². The van der Waals surface area contributed by atoms with Crippen molar-refractivity contribution >= 4 is 26.3 Å². The second-order valence-corrected chi connectivity index (χ2v) is 11.2. The Morgan fingerprint density at radius 1 is 1.03 bits per heavy atom. The molecule has 0 saturated carbocycles. The highest BCUT2D eigenvalue weighted by Crippen LogP contribution is 2.34. The lowest BCUT2D eigenvalue weighted by molar-refractivity contribution is 0.415. The summed E-state index contributed by atoms with van der Waals surface area (Å²) in [5, 5.41) is 2.66. The van der Waals surface area contributed by atoms with Gasteiger partial charge in [-0.1, -0.05) is 17.7 Å². The summed E-state index contributed by atoms with van der Waals surface area (Å²) in [5.74, 6) is 0.821. The van der Waals surface area contributed by atoms with Crippen molar-refractivity contribution in [3.05, 3.63) is 58.5 Å². The van der Waals surface area contributed by atoms with E-state index in [1.165, 1.54) is 0 Å². The number of anilines is 1. The number of rotatable bonds is 5. The van der Waals surface area contributed by atoms with Gasteiger partial charge in [0.05, 0.1) is 22.9 Å². The molecule has 0 N–H and O–H groups in total. The summed E-state index contributed by atoms with van der Waals surface area (Å²) in [4.78, 5) is 7.52. The van der Waals surface area contributed by atoms with Crippen molar-refractivity contribution in [3.8, 4) is 17.0 Å². The largest absolute Gasteiger partial charge is 0.497 e. The van der Waals surface area contributed by atoms with Crippen molar-refractivity contribution in [1.29, 1.82) is 0 Å². The van der Waals surface area contributed by atoms with Gasteiger partial charge in [-0.25, -0.2) is 13.4 Å². The van der Waals surface area contributed by atoms with E-state index in [1.807, 2.05) is 57.2 Å². The lowest BCUT2D eigenvalue weighted by atomic mass is 10.1. The monoisotopic (exact) mass is 456 g/mol. The van der Waals surface area contributed by atoms with E-state index in [0.717, 1.165) is 38.8 Å². The summed E-state index contributed by atoms with van der Waals surface area (Å²) >= 11 is 1.61. The van der Waals surface area contributed by atoms with Gasteiger partial charge in [-0.2, -0.15) is 0 Å². The summed E-state index contributed by atoms with van der Waals surface area (Å²) < 4.78 is 32.0. The number of thiazole rings is 1. The number of hydrogen-bond acceptors (Lipinski definition) is 6. The standard InChI is InChI=1S/C24H28N2O3S2/c1-16-13-17(2)23(18(3)14-16)31(27,28)21-9-11-26(12-10-21)24-25-22(15-30-24)19-5-7-20(29-4)8-6-19/h5-8,13-15,21H,9-12H2,1-4H3. The van der Waals surface area contributed by atoms with Crippen LogP contribution in [0, 0.1) is 20.8 Å². The number of ether oxygens (including phenoxy) is 1. The van der Waals surface area contributed by atoms with E-state index in [9.17, 15) is 8.42 Å². The third-order valence-electron chi connectivity index (χ3n) is 5.92. The number of piperidine rings is 1. The van der Waals surface area contributed by atoms with E-state index in [4.69, 9.17) is 9.72 Å². The minimum absolute atomic E-state index is 0.343. The van der Waals surface area contributed by atoms with Gasteiger partial charge in [-0.05, 0) is 69.0 Å². The fourth-order valence-corrected chi connectivity index (χ4v) is 7.51. The van der Waals surface area contributed by atoms with Gasteiger partial charge in [0.1, 0.15) is 5.75 Å². The van der Waals surface area contributed by atoms with E-state index < -0.39 is 9.84 Å². The van der Waals surface area contributed by atoms with Gasteiger partial charge in [-0.15, -0.1) is 11.3 Å². The molecule has 7 heteroatoms.